The van der Waals surface area contributed by atoms with Crippen LogP contribution in [0.4, 0.5) is 0 Å². The van der Waals surface area contributed by atoms with Crippen molar-refractivity contribution in [1.82, 2.24) is 9.97 Å². The van der Waals surface area contributed by atoms with E-state index in [0.717, 1.165) is 35.0 Å². The monoisotopic (exact) mass is 322 g/mol. The van der Waals surface area contributed by atoms with Crippen molar-refractivity contribution >= 4 is 33.7 Å². The molecule has 0 saturated heterocycles. The van der Waals surface area contributed by atoms with Gasteiger partial charge >= 0.3 is 0 Å². The van der Waals surface area contributed by atoms with Crippen LogP contribution in [0.5, 0.6) is 0 Å². The summed E-state index contributed by atoms with van der Waals surface area (Å²) in [4.78, 5) is 22.3. The summed E-state index contributed by atoms with van der Waals surface area (Å²) in [6.45, 7) is 2.28. The lowest BCUT2D eigenvalue weighted by atomic mass is 9.89. The Kier molecular flexibility index (Phi) is 3.62. The van der Waals surface area contributed by atoms with Crippen molar-refractivity contribution in [3.63, 3.8) is 0 Å². The van der Waals surface area contributed by atoms with Crippen LogP contribution in [0, 0.1) is 5.92 Å². The van der Waals surface area contributed by atoms with Crippen molar-refractivity contribution in [1.29, 1.82) is 0 Å². The zero-order chi connectivity index (χ0) is 15.8. The lowest BCUT2D eigenvalue weighted by Gasteiger charge is -2.17. The zero-order valence-corrected chi connectivity index (χ0v) is 13.8. The number of aromatic amines is 1. The molecule has 0 unspecified atom stereocenters. The number of H-pyrrole nitrogens is 1. The first-order valence-corrected chi connectivity index (χ1v) is 8.80. The Morgan fingerprint density at radius 1 is 1.26 bits per heavy atom. The van der Waals surface area contributed by atoms with Gasteiger partial charge in [-0.05, 0) is 42.4 Å². The summed E-state index contributed by atoms with van der Waals surface area (Å²) < 4.78 is 0. The van der Waals surface area contributed by atoms with Crippen molar-refractivity contribution in [3.05, 3.63) is 62.5 Å². The van der Waals surface area contributed by atoms with Crippen LogP contribution in [0.1, 0.15) is 35.2 Å². The Labute approximate surface area is 138 Å². The van der Waals surface area contributed by atoms with Gasteiger partial charge in [-0.3, -0.25) is 4.79 Å². The highest BCUT2D eigenvalue weighted by Crippen LogP contribution is 2.35. The molecule has 4 rings (SSSR count). The predicted molar refractivity (Wildman–Crippen MR) is 96.8 cm³/mol. The Morgan fingerprint density at radius 2 is 2.09 bits per heavy atom. The predicted octanol–water partition coefficient (Wildman–Crippen LogP) is 4.28. The highest BCUT2D eigenvalue weighted by molar-refractivity contribution is 7.18. The Morgan fingerprint density at radius 3 is 2.91 bits per heavy atom. The van der Waals surface area contributed by atoms with Gasteiger partial charge in [0.1, 0.15) is 10.7 Å². The van der Waals surface area contributed by atoms with E-state index in [-0.39, 0.29) is 5.56 Å². The molecule has 2 aromatic heterocycles. The summed E-state index contributed by atoms with van der Waals surface area (Å²) in [7, 11) is 0. The molecule has 23 heavy (non-hydrogen) atoms. The molecule has 0 radical (unpaired) electrons. The molecule has 4 heteroatoms. The minimum atomic E-state index is -0.00485. The SMILES string of the molecule is C[C@H]1CCc2c(sc3nc(/C=C\c4ccccc4)[nH]c(=O)c23)C1. The van der Waals surface area contributed by atoms with Crippen LogP contribution in [0.25, 0.3) is 22.4 Å². The second-order valence-electron chi connectivity index (χ2n) is 6.23. The number of rotatable bonds is 2. The lowest BCUT2D eigenvalue weighted by Crippen LogP contribution is -2.13. The Bertz CT molecular complexity index is 937. The number of hydrogen-bond donors (Lipinski definition) is 1. The van der Waals surface area contributed by atoms with Crippen LogP contribution < -0.4 is 5.56 Å². The van der Waals surface area contributed by atoms with Gasteiger partial charge in [-0.2, -0.15) is 0 Å². The maximum atomic E-state index is 12.5. The largest absolute Gasteiger partial charge is 0.306 e. The molecule has 0 spiro atoms. The quantitative estimate of drug-likeness (QED) is 0.765. The fraction of sp³-hybridized carbons (Fsp3) is 0.263. The number of nitrogens with zero attached hydrogens (tertiary/aromatic N) is 1. The van der Waals surface area contributed by atoms with Crippen LogP contribution in [0.15, 0.2) is 35.1 Å². The molecule has 1 aliphatic carbocycles. The third kappa shape index (κ3) is 2.75. The topological polar surface area (TPSA) is 45.8 Å². The average molecular weight is 322 g/mol. The molecule has 0 fully saturated rings. The van der Waals surface area contributed by atoms with Crippen molar-refractivity contribution in [3.8, 4) is 0 Å². The van der Waals surface area contributed by atoms with Crippen LogP contribution in [0.3, 0.4) is 0 Å². The summed E-state index contributed by atoms with van der Waals surface area (Å²) in [6.07, 6.45) is 7.08. The normalized spacial score (nSPS) is 17.7. The smallest absolute Gasteiger partial charge is 0.260 e. The molecule has 116 valence electrons. The van der Waals surface area contributed by atoms with E-state index in [2.05, 4.69) is 16.9 Å². The van der Waals surface area contributed by atoms with Crippen molar-refractivity contribution in [2.75, 3.05) is 0 Å². The van der Waals surface area contributed by atoms with Crippen LogP contribution in [-0.2, 0) is 12.8 Å². The van der Waals surface area contributed by atoms with E-state index in [1.54, 1.807) is 11.3 Å². The van der Waals surface area contributed by atoms with E-state index in [0.29, 0.717) is 11.7 Å². The second kappa shape index (κ2) is 5.78. The van der Waals surface area contributed by atoms with Gasteiger partial charge in [-0.15, -0.1) is 11.3 Å². The highest BCUT2D eigenvalue weighted by atomic mass is 32.1. The minimum Gasteiger partial charge on any atom is -0.306 e. The van der Waals surface area contributed by atoms with Gasteiger partial charge in [0.15, 0.2) is 0 Å². The van der Waals surface area contributed by atoms with Gasteiger partial charge in [0.2, 0.25) is 0 Å². The van der Waals surface area contributed by atoms with Gasteiger partial charge in [-0.25, -0.2) is 4.98 Å². The van der Waals surface area contributed by atoms with Gasteiger partial charge < -0.3 is 4.98 Å². The molecule has 0 amide bonds. The van der Waals surface area contributed by atoms with Gasteiger partial charge in [0.25, 0.3) is 5.56 Å². The summed E-state index contributed by atoms with van der Waals surface area (Å²) >= 11 is 1.69. The van der Waals surface area contributed by atoms with E-state index in [9.17, 15) is 4.79 Å². The van der Waals surface area contributed by atoms with Crippen LogP contribution >= 0.6 is 11.3 Å². The Balaban J connectivity index is 1.76. The molecule has 1 N–H and O–H groups in total. The van der Waals surface area contributed by atoms with E-state index >= 15 is 0 Å². The average Bonchev–Trinajstić information content (AvgIpc) is 2.91. The first-order valence-electron chi connectivity index (χ1n) is 7.98. The van der Waals surface area contributed by atoms with Crippen molar-refractivity contribution < 1.29 is 0 Å². The van der Waals surface area contributed by atoms with Crippen molar-refractivity contribution in [2.24, 2.45) is 5.92 Å². The molecule has 1 aromatic carbocycles. The number of benzene rings is 1. The molecule has 0 bridgehead atoms. The standard InChI is InChI=1S/C19H18N2OS/c1-12-7-9-14-15(11-12)23-19-17(14)18(22)20-16(21-19)10-8-13-5-3-2-4-6-13/h2-6,8,10,12H,7,9,11H2,1H3,(H,20,21,22)/b10-8-/t12-/m0/s1. The van der Waals surface area contributed by atoms with E-state index in [4.69, 9.17) is 0 Å². The number of thiophene rings is 1. The van der Waals surface area contributed by atoms with E-state index in [1.807, 2.05) is 42.5 Å². The van der Waals surface area contributed by atoms with Crippen molar-refractivity contribution in [2.45, 2.75) is 26.2 Å². The molecule has 2 heterocycles. The maximum absolute atomic E-state index is 12.5. The molecular weight excluding hydrogens is 304 g/mol. The molecule has 0 saturated carbocycles. The molecule has 3 aromatic rings. The first-order chi connectivity index (χ1) is 11.2. The number of aryl methyl sites for hydroxylation is 1. The molecule has 1 atom stereocenters. The fourth-order valence-corrected chi connectivity index (χ4v) is 4.57. The van der Waals surface area contributed by atoms with Gasteiger partial charge in [0, 0.05) is 4.88 Å². The number of fused-ring (bicyclic) bond motifs is 3. The van der Waals surface area contributed by atoms with Crippen LogP contribution in [-0.4, -0.2) is 9.97 Å². The molecule has 0 aliphatic heterocycles. The van der Waals surface area contributed by atoms with E-state index in [1.165, 1.54) is 10.4 Å². The summed E-state index contributed by atoms with van der Waals surface area (Å²) in [6, 6.07) is 10.0. The minimum absolute atomic E-state index is 0.00485. The first kappa shape index (κ1) is 14.4. The summed E-state index contributed by atoms with van der Waals surface area (Å²) in [5, 5.41) is 0.814. The zero-order valence-electron chi connectivity index (χ0n) is 13.0. The second-order valence-corrected chi connectivity index (χ2v) is 7.31. The van der Waals surface area contributed by atoms with E-state index < -0.39 is 0 Å². The van der Waals surface area contributed by atoms with Gasteiger partial charge in [0.05, 0.1) is 5.39 Å². The third-order valence-corrected chi connectivity index (χ3v) is 5.57. The van der Waals surface area contributed by atoms with Crippen LogP contribution in [0.2, 0.25) is 0 Å². The number of aromatic nitrogens is 2. The lowest BCUT2D eigenvalue weighted by molar-refractivity contribution is 0.509. The summed E-state index contributed by atoms with van der Waals surface area (Å²) in [5.41, 5.74) is 2.32. The highest BCUT2D eigenvalue weighted by Gasteiger charge is 2.22. The molecule has 3 nitrogen and oxygen atoms in total. The molecular formula is C19H18N2OS. The number of hydrogen-bond acceptors (Lipinski definition) is 3. The summed E-state index contributed by atoms with van der Waals surface area (Å²) in [5.74, 6) is 1.32. The van der Waals surface area contributed by atoms with Gasteiger partial charge in [-0.1, -0.05) is 43.3 Å². The maximum Gasteiger partial charge on any atom is 0.260 e. The Hall–Kier alpha value is -2.20. The fourth-order valence-electron chi connectivity index (χ4n) is 3.18. The third-order valence-electron chi connectivity index (χ3n) is 4.42. The molecule has 1 aliphatic rings. The number of nitrogens with one attached hydrogen (secondary N) is 1.